The third-order valence-corrected chi connectivity index (χ3v) is 6.08. The van der Waals surface area contributed by atoms with Crippen molar-refractivity contribution in [1.29, 1.82) is 0 Å². The van der Waals surface area contributed by atoms with Gasteiger partial charge in [0.05, 0.1) is 6.61 Å². The molecule has 3 atom stereocenters. The zero-order chi connectivity index (χ0) is 23.4. The van der Waals surface area contributed by atoms with Crippen molar-refractivity contribution < 1.29 is 38.6 Å². The number of hydrogen-bond acceptors (Lipinski definition) is 13. The molecule has 4 N–H and O–H groups in total. The fraction of sp³-hybridized carbons (Fsp3) is 0.412. The van der Waals surface area contributed by atoms with Crippen LogP contribution in [-0.2, 0) is 28.6 Å². The van der Waals surface area contributed by atoms with Crippen LogP contribution < -0.4 is 11.1 Å². The molecule has 2 unspecified atom stereocenters. The Morgan fingerprint density at radius 3 is 2.81 bits per heavy atom. The van der Waals surface area contributed by atoms with Gasteiger partial charge in [0.15, 0.2) is 10.8 Å². The molecule has 2 amide bonds. The summed E-state index contributed by atoms with van der Waals surface area (Å²) >= 11 is 2.36. The van der Waals surface area contributed by atoms with Crippen LogP contribution in [0.5, 0.6) is 0 Å². The first-order valence-corrected chi connectivity index (χ1v) is 11.1. The third-order valence-electron chi connectivity index (χ3n) is 4.22. The molecule has 1 fully saturated rings. The Morgan fingerprint density at radius 1 is 1.44 bits per heavy atom. The van der Waals surface area contributed by atoms with Crippen molar-refractivity contribution in [2.75, 3.05) is 18.1 Å². The van der Waals surface area contributed by atoms with Crippen molar-refractivity contribution in [3.05, 3.63) is 22.8 Å². The maximum Gasteiger partial charge on any atom is 0.511 e. The number of anilines is 1. The van der Waals surface area contributed by atoms with E-state index >= 15 is 0 Å². The quantitative estimate of drug-likeness (QED) is 0.120. The van der Waals surface area contributed by atoms with Crippen LogP contribution in [-0.4, -0.2) is 74.8 Å². The van der Waals surface area contributed by atoms with Gasteiger partial charge in [0.1, 0.15) is 22.8 Å². The lowest BCUT2D eigenvalue weighted by Crippen LogP contribution is -2.70. The number of amides is 2. The molecular weight excluding hydrogens is 466 g/mol. The summed E-state index contributed by atoms with van der Waals surface area (Å²) in [5, 5.41) is 15.7. The molecule has 0 radical (unpaired) electrons. The van der Waals surface area contributed by atoms with Gasteiger partial charge in [0.25, 0.3) is 11.8 Å². The Kier molecular flexibility index (Phi) is 7.19. The Morgan fingerprint density at radius 2 is 2.19 bits per heavy atom. The van der Waals surface area contributed by atoms with Crippen LogP contribution in [0, 0.1) is 0 Å². The predicted octanol–water partition coefficient (Wildman–Crippen LogP) is 0.250. The number of β-lactam (4-membered cyclic amide) rings is 1. The summed E-state index contributed by atoms with van der Waals surface area (Å²) in [4.78, 5) is 54.0. The van der Waals surface area contributed by atoms with Crippen molar-refractivity contribution in [1.82, 2.24) is 15.2 Å². The smallest absolute Gasteiger partial charge is 0.435 e. The van der Waals surface area contributed by atoms with Crippen LogP contribution >= 0.6 is 23.1 Å². The molecule has 0 aliphatic carbocycles. The van der Waals surface area contributed by atoms with Gasteiger partial charge < -0.3 is 30.5 Å². The average molecular weight is 486 g/mol. The van der Waals surface area contributed by atoms with E-state index in [1.165, 1.54) is 35.0 Å². The van der Waals surface area contributed by atoms with Crippen LogP contribution in [0.3, 0.4) is 0 Å². The summed E-state index contributed by atoms with van der Waals surface area (Å²) in [6, 6.07) is -0.968. The van der Waals surface area contributed by atoms with Crippen LogP contribution in [0.4, 0.5) is 9.93 Å². The van der Waals surface area contributed by atoms with Gasteiger partial charge in [-0.2, -0.15) is 0 Å². The maximum absolute atomic E-state index is 12.7. The Labute approximate surface area is 189 Å². The Balaban J connectivity index is 1.62. The summed E-state index contributed by atoms with van der Waals surface area (Å²) < 4.78 is 14.4. The molecule has 172 valence electrons. The molecule has 13 nitrogen and oxygen atoms in total. The van der Waals surface area contributed by atoms with E-state index in [0.29, 0.717) is 5.75 Å². The Bertz CT molecular complexity index is 993. The number of carbonyl (C=O) groups is 4. The second-order valence-corrected chi connectivity index (χ2v) is 8.31. The van der Waals surface area contributed by atoms with Crippen LogP contribution in [0.1, 0.15) is 19.5 Å². The van der Waals surface area contributed by atoms with E-state index < -0.39 is 47.4 Å². The van der Waals surface area contributed by atoms with Crippen LogP contribution in [0.25, 0.3) is 0 Å². The zero-order valence-electron chi connectivity index (χ0n) is 16.8. The van der Waals surface area contributed by atoms with Gasteiger partial charge in [-0.25, -0.2) is 14.6 Å². The molecule has 1 aromatic heterocycles. The lowest BCUT2D eigenvalue weighted by molar-refractivity contribution is -0.168. The minimum atomic E-state index is -1.24. The molecule has 0 saturated carbocycles. The maximum atomic E-state index is 12.7. The highest BCUT2D eigenvalue weighted by molar-refractivity contribution is 8.00. The number of hydrogen-bond donors (Lipinski definition) is 3. The van der Waals surface area contributed by atoms with Crippen molar-refractivity contribution in [2.24, 2.45) is 5.16 Å². The van der Waals surface area contributed by atoms with Gasteiger partial charge in [0.2, 0.25) is 6.29 Å². The lowest BCUT2D eigenvalue weighted by atomic mass is 10.0. The van der Waals surface area contributed by atoms with E-state index in [0.717, 1.165) is 11.3 Å². The average Bonchev–Trinajstić information content (AvgIpc) is 3.17. The standard InChI is InChI=1S/C17H19N5O8S2/c1-3-28-17(26)30-7(2)29-15(25)9-4-5-31-14-11(13(24)22(9)14)20-12(23)10(21-27)8-6-32-16(18)19-8/h4,6-7,11,14,27H,3,5H2,1-2H3,(H2,18,19)(H,20,23)/t7?,11?,14-/m0/s1. The number of thiazole rings is 1. The number of rotatable bonds is 7. The van der Waals surface area contributed by atoms with Gasteiger partial charge in [-0.15, -0.1) is 23.1 Å². The number of aromatic nitrogens is 1. The van der Waals surface area contributed by atoms with Crippen molar-refractivity contribution in [2.45, 2.75) is 31.6 Å². The topological polar surface area (TPSA) is 183 Å². The summed E-state index contributed by atoms with van der Waals surface area (Å²) in [5.41, 5.74) is 5.16. The second kappa shape index (κ2) is 9.86. The third kappa shape index (κ3) is 4.77. The van der Waals surface area contributed by atoms with Gasteiger partial charge >= 0.3 is 12.1 Å². The van der Waals surface area contributed by atoms with Crippen molar-refractivity contribution in [3.63, 3.8) is 0 Å². The molecule has 1 aromatic rings. The number of nitrogens with two attached hydrogens (primary N) is 1. The van der Waals surface area contributed by atoms with Crippen molar-refractivity contribution >= 4 is 57.9 Å². The molecule has 3 heterocycles. The van der Waals surface area contributed by atoms with Gasteiger partial charge in [-0.05, 0) is 13.0 Å². The monoisotopic (exact) mass is 485 g/mol. The molecule has 3 rings (SSSR count). The highest BCUT2D eigenvalue weighted by atomic mass is 32.2. The highest BCUT2D eigenvalue weighted by Gasteiger charge is 2.53. The van der Waals surface area contributed by atoms with Crippen molar-refractivity contribution in [3.8, 4) is 0 Å². The molecule has 0 aromatic carbocycles. The normalized spacial score (nSPS) is 20.9. The summed E-state index contributed by atoms with van der Waals surface area (Å²) in [6.07, 6.45) is -0.740. The molecule has 0 spiro atoms. The second-order valence-electron chi connectivity index (χ2n) is 6.27. The van der Waals surface area contributed by atoms with E-state index in [1.54, 1.807) is 6.92 Å². The summed E-state index contributed by atoms with van der Waals surface area (Å²) in [6.45, 7) is 3.01. The van der Waals surface area contributed by atoms with E-state index in [-0.39, 0.29) is 23.1 Å². The molecule has 1 saturated heterocycles. The van der Waals surface area contributed by atoms with E-state index in [2.05, 4.69) is 20.2 Å². The molecule has 15 heteroatoms. The number of oxime groups is 1. The number of nitrogens with one attached hydrogen (secondary N) is 1. The summed E-state index contributed by atoms with van der Waals surface area (Å²) in [7, 11) is 0. The molecular formula is C17H19N5O8S2. The number of ether oxygens (including phenoxy) is 3. The number of thioether (sulfide) groups is 1. The minimum absolute atomic E-state index is 0.0353. The first kappa shape index (κ1) is 23.3. The molecule has 32 heavy (non-hydrogen) atoms. The predicted molar refractivity (Wildman–Crippen MR) is 112 cm³/mol. The first-order valence-electron chi connectivity index (χ1n) is 9.20. The van der Waals surface area contributed by atoms with Gasteiger partial charge in [-0.1, -0.05) is 5.16 Å². The van der Waals surface area contributed by atoms with E-state index in [1.807, 2.05) is 0 Å². The van der Waals surface area contributed by atoms with E-state index in [4.69, 9.17) is 15.2 Å². The van der Waals surface area contributed by atoms with E-state index in [9.17, 15) is 24.4 Å². The fourth-order valence-corrected chi connectivity index (χ4v) is 4.61. The summed E-state index contributed by atoms with van der Waals surface area (Å²) in [5.74, 6) is -1.90. The SMILES string of the molecule is CCOC(=O)OC(C)OC(=O)C1=CCS[C@H]2C(NC(=O)C(=NO)c3csc(N)n3)C(=O)N12. The number of nitrogens with zero attached hydrogens (tertiary/aromatic N) is 3. The number of nitrogen functional groups attached to an aromatic ring is 1. The highest BCUT2D eigenvalue weighted by Crippen LogP contribution is 2.38. The largest absolute Gasteiger partial charge is 0.511 e. The minimum Gasteiger partial charge on any atom is -0.435 e. The number of carbonyl (C=O) groups excluding carboxylic acids is 4. The number of fused-ring (bicyclic) bond motifs is 1. The van der Waals surface area contributed by atoms with Crippen LogP contribution in [0.15, 0.2) is 22.3 Å². The molecule has 2 aliphatic heterocycles. The van der Waals surface area contributed by atoms with Crippen LogP contribution in [0.2, 0.25) is 0 Å². The van der Waals surface area contributed by atoms with Gasteiger partial charge in [0, 0.05) is 18.1 Å². The number of esters is 1. The molecule has 2 aliphatic rings. The Hall–Kier alpha value is -3.33. The molecule has 0 bridgehead atoms. The zero-order valence-corrected chi connectivity index (χ0v) is 18.5. The van der Waals surface area contributed by atoms with Gasteiger partial charge in [-0.3, -0.25) is 14.5 Å². The fourth-order valence-electron chi connectivity index (χ4n) is 2.87. The first-order chi connectivity index (χ1) is 15.3. The lowest BCUT2D eigenvalue weighted by Gasteiger charge is -2.48.